The Morgan fingerprint density at radius 3 is 1.89 bits per heavy atom. The first-order valence-corrected chi connectivity index (χ1v) is 6.74. The van der Waals surface area contributed by atoms with E-state index in [0.717, 1.165) is 37.0 Å². The predicted octanol–water partition coefficient (Wildman–Crippen LogP) is 2.83. The lowest BCUT2D eigenvalue weighted by molar-refractivity contribution is 0.284. The molecule has 0 radical (unpaired) electrons. The van der Waals surface area contributed by atoms with Crippen molar-refractivity contribution in [2.45, 2.75) is 37.6 Å². The first-order chi connectivity index (χ1) is 9.14. The van der Waals surface area contributed by atoms with E-state index in [2.05, 4.69) is 0 Å². The number of rotatable bonds is 4. The minimum atomic E-state index is -0.316. The quantitative estimate of drug-likeness (QED) is 0.909. The van der Waals surface area contributed by atoms with E-state index < -0.39 is 0 Å². The molecule has 4 nitrogen and oxygen atoms in total. The Labute approximate surface area is 114 Å². The molecule has 1 aliphatic carbocycles. The smallest absolute Gasteiger partial charge is 0.164 e. The second-order valence-electron chi connectivity index (χ2n) is 5.12. The zero-order valence-electron chi connectivity index (χ0n) is 12.0. The van der Waals surface area contributed by atoms with Crippen molar-refractivity contribution in [2.75, 3.05) is 21.3 Å². The third kappa shape index (κ3) is 2.63. The lowest BCUT2D eigenvalue weighted by Gasteiger charge is -2.35. The lowest BCUT2D eigenvalue weighted by Crippen LogP contribution is -2.39. The van der Waals surface area contributed by atoms with Gasteiger partial charge in [0.25, 0.3) is 0 Å². The molecule has 0 aliphatic heterocycles. The summed E-state index contributed by atoms with van der Waals surface area (Å²) < 4.78 is 16.2. The highest BCUT2D eigenvalue weighted by Crippen LogP contribution is 2.44. The second kappa shape index (κ2) is 5.70. The molecule has 0 bridgehead atoms. The van der Waals surface area contributed by atoms with Crippen molar-refractivity contribution in [1.82, 2.24) is 0 Å². The summed E-state index contributed by atoms with van der Waals surface area (Å²) in [5.74, 6) is 2.15. The van der Waals surface area contributed by atoms with Gasteiger partial charge in [-0.1, -0.05) is 19.3 Å². The molecule has 0 aromatic heterocycles. The molecule has 2 N–H and O–H groups in total. The van der Waals surface area contributed by atoms with Crippen LogP contribution in [0, 0.1) is 0 Å². The first kappa shape index (κ1) is 14.0. The van der Waals surface area contributed by atoms with Crippen LogP contribution in [0.4, 0.5) is 0 Å². The Hall–Kier alpha value is -1.42. The van der Waals surface area contributed by atoms with E-state index in [9.17, 15) is 0 Å². The van der Waals surface area contributed by atoms with Crippen molar-refractivity contribution in [3.05, 3.63) is 17.7 Å². The number of benzene rings is 1. The largest absolute Gasteiger partial charge is 0.496 e. The van der Waals surface area contributed by atoms with Gasteiger partial charge in [-0.05, 0) is 18.9 Å². The van der Waals surface area contributed by atoms with Crippen LogP contribution in [-0.4, -0.2) is 21.3 Å². The van der Waals surface area contributed by atoms with Crippen LogP contribution in [0.15, 0.2) is 12.1 Å². The average Bonchev–Trinajstić information content (AvgIpc) is 2.46. The molecule has 0 atom stereocenters. The first-order valence-electron chi connectivity index (χ1n) is 6.74. The maximum atomic E-state index is 6.60. The van der Waals surface area contributed by atoms with E-state index in [4.69, 9.17) is 19.9 Å². The molecule has 0 saturated heterocycles. The van der Waals surface area contributed by atoms with Gasteiger partial charge in [0.15, 0.2) is 11.5 Å². The van der Waals surface area contributed by atoms with E-state index in [-0.39, 0.29) is 5.54 Å². The third-order valence-electron chi connectivity index (χ3n) is 3.99. The van der Waals surface area contributed by atoms with Crippen molar-refractivity contribution in [3.63, 3.8) is 0 Å². The molecule has 1 saturated carbocycles. The third-order valence-corrected chi connectivity index (χ3v) is 3.99. The normalized spacial score (nSPS) is 17.9. The molecular formula is C15H23NO3. The number of hydrogen-bond acceptors (Lipinski definition) is 4. The van der Waals surface area contributed by atoms with Crippen LogP contribution < -0.4 is 19.9 Å². The van der Waals surface area contributed by atoms with E-state index >= 15 is 0 Å². The van der Waals surface area contributed by atoms with Crippen LogP contribution in [0.25, 0.3) is 0 Å². The zero-order chi connectivity index (χ0) is 13.9. The molecule has 2 rings (SSSR count). The molecule has 0 amide bonds. The fraction of sp³-hybridized carbons (Fsp3) is 0.600. The molecule has 1 fully saturated rings. The van der Waals surface area contributed by atoms with E-state index in [1.165, 1.54) is 6.42 Å². The predicted molar refractivity (Wildman–Crippen MR) is 75.0 cm³/mol. The van der Waals surface area contributed by atoms with Gasteiger partial charge in [-0.2, -0.15) is 0 Å². The molecule has 19 heavy (non-hydrogen) atoms. The van der Waals surface area contributed by atoms with Gasteiger partial charge in [0.05, 0.1) is 21.3 Å². The number of methoxy groups -OCH3 is 3. The van der Waals surface area contributed by atoms with Gasteiger partial charge < -0.3 is 19.9 Å². The monoisotopic (exact) mass is 265 g/mol. The van der Waals surface area contributed by atoms with Crippen molar-refractivity contribution in [1.29, 1.82) is 0 Å². The average molecular weight is 265 g/mol. The molecule has 0 heterocycles. The summed E-state index contributed by atoms with van der Waals surface area (Å²) in [7, 11) is 4.92. The molecule has 4 heteroatoms. The van der Waals surface area contributed by atoms with Gasteiger partial charge >= 0.3 is 0 Å². The molecule has 1 aromatic rings. The van der Waals surface area contributed by atoms with Crippen LogP contribution in [-0.2, 0) is 5.54 Å². The van der Waals surface area contributed by atoms with Gasteiger partial charge in [0.1, 0.15) is 5.75 Å². The maximum Gasteiger partial charge on any atom is 0.164 e. The van der Waals surface area contributed by atoms with E-state index in [1.54, 1.807) is 21.3 Å². The number of hydrogen-bond donors (Lipinski definition) is 1. The minimum absolute atomic E-state index is 0.316. The second-order valence-corrected chi connectivity index (χ2v) is 5.12. The van der Waals surface area contributed by atoms with Crippen LogP contribution in [0.5, 0.6) is 17.2 Å². The highest BCUT2D eigenvalue weighted by Gasteiger charge is 2.33. The Morgan fingerprint density at radius 2 is 1.37 bits per heavy atom. The standard InChI is InChI=1S/C15H23NO3/c1-17-12-10-14(19-3)13(18-2)9-11(12)15(16)7-5-4-6-8-15/h9-10H,4-8,16H2,1-3H3. The summed E-state index contributed by atoms with van der Waals surface area (Å²) in [6.07, 6.45) is 5.55. The summed E-state index contributed by atoms with van der Waals surface area (Å²) in [6.45, 7) is 0. The molecule has 0 unspecified atom stereocenters. The van der Waals surface area contributed by atoms with Crippen molar-refractivity contribution in [3.8, 4) is 17.2 Å². The van der Waals surface area contributed by atoms with E-state index in [1.807, 2.05) is 12.1 Å². The summed E-state index contributed by atoms with van der Waals surface area (Å²) >= 11 is 0. The van der Waals surface area contributed by atoms with Crippen LogP contribution in [0.3, 0.4) is 0 Å². The fourth-order valence-electron chi connectivity index (χ4n) is 2.87. The van der Waals surface area contributed by atoms with Crippen LogP contribution in [0.2, 0.25) is 0 Å². The molecule has 0 spiro atoms. The van der Waals surface area contributed by atoms with Gasteiger partial charge in [-0.15, -0.1) is 0 Å². The van der Waals surface area contributed by atoms with Gasteiger partial charge in [0, 0.05) is 17.2 Å². The SMILES string of the molecule is COc1cc(OC)c(C2(N)CCCCC2)cc1OC. The molecule has 106 valence electrons. The Balaban J connectivity index is 2.48. The summed E-state index contributed by atoms with van der Waals surface area (Å²) in [6, 6.07) is 3.82. The van der Waals surface area contributed by atoms with Crippen LogP contribution >= 0.6 is 0 Å². The molecule has 1 aromatic carbocycles. The minimum Gasteiger partial charge on any atom is -0.496 e. The number of ether oxygens (including phenoxy) is 3. The summed E-state index contributed by atoms with van der Waals surface area (Å²) in [5, 5.41) is 0. The fourth-order valence-corrected chi connectivity index (χ4v) is 2.87. The Bertz CT molecular complexity index is 439. The van der Waals surface area contributed by atoms with Crippen LogP contribution in [0.1, 0.15) is 37.7 Å². The Kier molecular flexibility index (Phi) is 4.20. The topological polar surface area (TPSA) is 53.7 Å². The maximum absolute atomic E-state index is 6.60. The number of nitrogens with two attached hydrogens (primary N) is 1. The highest BCUT2D eigenvalue weighted by molar-refractivity contribution is 5.53. The molecular weight excluding hydrogens is 242 g/mol. The summed E-state index contributed by atoms with van der Waals surface area (Å²) in [5.41, 5.74) is 7.30. The lowest BCUT2D eigenvalue weighted by atomic mass is 9.77. The van der Waals surface area contributed by atoms with Crippen molar-refractivity contribution >= 4 is 0 Å². The van der Waals surface area contributed by atoms with Crippen molar-refractivity contribution < 1.29 is 14.2 Å². The van der Waals surface area contributed by atoms with Crippen molar-refractivity contribution in [2.24, 2.45) is 5.73 Å². The van der Waals surface area contributed by atoms with E-state index in [0.29, 0.717) is 11.5 Å². The summed E-state index contributed by atoms with van der Waals surface area (Å²) in [4.78, 5) is 0. The van der Waals surface area contributed by atoms with Gasteiger partial charge in [0.2, 0.25) is 0 Å². The zero-order valence-corrected chi connectivity index (χ0v) is 12.0. The Morgan fingerprint density at radius 1 is 0.842 bits per heavy atom. The molecule has 1 aliphatic rings. The highest BCUT2D eigenvalue weighted by atomic mass is 16.5. The van der Waals surface area contributed by atoms with Gasteiger partial charge in [-0.25, -0.2) is 0 Å². The van der Waals surface area contributed by atoms with Gasteiger partial charge in [-0.3, -0.25) is 0 Å².